The van der Waals surface area contributed by atoms with E-state index in [1.807, 2.05) is 0 Å². The summed E-state index contributed by atoms with van der Waals surface area (Å²) in [6, 6.07) is 3.12. The average Bonchev–Trinajstić information content (AvgIpc) is 2.26. The first-order valence-corrected chi connectivity index (χ1v) is 4.95. The van der Waals surface area contributed by atoms with E-state index < -0.39 is 29.6 Å². The number of aliphatic hydroxyl groups is 2. The average molecular weight is 249 g/mol. The summed E-state index contributed by atoms with van der Waals surface area (Å²) < 4.78 is 13.2. The molecule has 0 aromatic heterocycles. The maximum absolute atomic E-state index is 13.2. The number of benzene rings is 1. The lowest BCUT2D eigenvalue weighted by molar-refractivity contribution is 0.0325. The predicted octanol–water partition coefficient (Wildman–Crippen LogP) is 1.16. The zero-order valence-corrected chi connectivity index (χ0v) is 8.86. The molecular weight excluding hydrogens is 239 g/mol. The van der Waals surface area contributed by atoms with E-state index >= 15 is 0 Å². The van der Waals surface area contributed by atoms with E-state index in [2.05, 4.69) is 0 Å². The molecule has 0 amide bonds. The van der Waals surface area contributed by atoms with E-state index in [4.69, 9.17) is 16.7 Å². The summed E-state index contributed by atoms with van der Waals surface area (Å²) in [5.41, 5.74) is -0.410. The van der Waals surface area contributed by atoms with Gasteiger partial charge in [0.1, 0.15) is 11.9 Å². The van der Waals surface area contributed by atoms with Gasteiger partial charge < -0.3 is 15.3 Å². The van der Waals surface area contributed by atoms with Gasteiger partial charge in [-0.1, -0.05) is 6.07 Å². The Bertz CT molecular complexity index is 396. The number of aromatic carboxylic acids is 1. The van der Waals surface area contributed by atoms with Crippen LogP contribution in [0.2, 0.25) is 0 Å². The van der Waals surface area contributed by atoms with Crippen LogP contribution >= 0.6 is 11.6 Å². The summed E-state index contributed by atoms with van der Waals surface area (Å²) in [6.07, 6.45) is -2.56. The molecule has 16 heavy (non-hydrogen) atoms. The molecule has 0 saturated carbocycles. The number of alkyl halides is 1. The van der Waals surface area contributed by atoms with Crippen molar-refractivity contribution in [3.05, 3.63) is 35.1 Å². The maximum Gasteiger partial charge on any atom is 0.338 e. The van der Waals surface area contributed by atoms with Crippen molar-refractivity contribution in [1.29, 1.82) is 0 Å². The first-order chi connectivity index (χ1) is 7.47. The van der Waals surface area contributed by atoms with Crippen LogP contribution in [0.1, 0.15) is 22.0 Å². The molecule has 0 aliphatic rings. The van der Waals surface area contributed by atoms with Crippen molar-refractivity contribution in [2.75, 3.05) is 5.88 Å². The Labute approximate surface area is 95.9 Å². The third kappa shape index (κ3) is 2.69. The molecular formula is C10H10ClFO4. The Hall–Kier alpha value is -1.17. The van der Waals surface area contributed by atoms with Gasteiger partial charge in [0.15, 0.2) is 0 Å². The molecule has 0 aliphatic heterocycles. The fourth-order valence-corrected chi connectivity index (χ4v) is 1.36. The number of rotatable bonds is 4. The fourth-order valence-electron chi connectivity index (χ4n) is 1.20. The minimum Gasteiger partial charge on any atom is -0.478 e. The normalized spacial score (nSPS) is 14.5. The van der Waals surface area contributed by atoms with Crippen molar-refractivity contribution in [1.82, 2.24) is 0 Å². The third-order valence-corrected chi connectivity index (χ3v) is 2.40. The van der Waals surface area contributed by atoms with Crippen LogP contribution in [0.3, 0.4) is 0 Å². The fraction of sp³-hybridized carbons (Fsp3) is 0.300. The highest BCUT2D eigenvalue weighted by Gasteiger charge is 2.19. The van der Waals surface area contributed by atoms with Crippen LogP contribution in [0.5, 0.6) is 0 Å². The molecule has 3 N–H and O–H groups in total. The van der Waals surface area contributed by atoms with E-state index in [0.29, 0.717) is 0 Å². The first kappa shape index (κ1) is 12.9. The number of carboxylic acids is 1. The van der Waals surface area contributed by atoms with Crippen molar-refractivity contribution in [2.24, 2.45) is 0 Å². The molecule has 6 heteroatoms. The lowest BCUT2D eigenvalue weighted by Crippen LogP contribution is -2.20. The van der Waals surface area contributed by atoms with Gasteiger partial charge in [-0.05, 0) is 17.7 Å². The summed E-state index contributed by atoms with van der Waals surface area (Å²) >= 11 is 5.32. The highest BCUT2D eigenvalue weighted by Crippen LogP contribution is 2.20. The molecule has 1 aromatic rings. The van der Waals surface area contributed by atoms with Crippen molar-refractivity contribution in [3.8, 4) is 0 Å². The minimum atomic E-state index is -1.39. The lowest BCUT2D eigenvalue weighted by Gasteiger charge is -2.15. The van der Waals surface area contributed by atoms with E-state index in [0.717, 1.165) is 12.1 Å². The summed E-state index contributed by atoms with van der Waals surface area (Å²) in [5.74, 6) is -2.56. The molecule has 0 radical (unpaired) electrons. The Morgan fingerprint density at radius 3 is 2.50 bits per heavy atom. The Morgan fingerprint density at radius 2 is 2.06 bits per heavy atom. The number of carboxylic acid groups (broad SMARTS) is 1. The second-order valence-corrected chi connectivity index (χ2v) is 3.52. The number of aliphatic hydroxyl groups excluding tert-OH is 2. The largest absolute Gasteiger partial charge is 0.478 e. The smallest absolute Gasteiger partial charge is 0.338 e. The SMILES string of the molecule is O=C(O)c1ccc(C(O)C(O)CCl)cc1F. The van der Waals surface area contributed by atoms with Crippen LogP contribution in [0.25, 0.3) is 0 Å². The second-order valence-electron chi connectivity index (χ2n) is 3.21. The molecule has 0 saturated heterocycles. The second kappa shape index (κ2) is 5.25. The van der Waals surface area contributed by atoms with Crippen LogP contribution in [-0.4, -0.2) is 33.3 Å². The van der Waals surface area contributed by atoms with Gasteiger partial charge in [0.05, 0.1) is 17.5 Å². The number of carbonyl (C=O) groups is 1. The van der Waals surface area contributed by atoms with Crippen molar-refractivity contribution in [2.45, 2.75) is 12.2 Å². The quantitative estimate of drug-likeness (QED) is 0.699. The lowest BCUT2D eigenvalue weighted by atomic mass is 10.0. The van der Waals surface area contributed by atoms with Gasteiger partial charge in [0.2, 0.25) is 0 Å². The predicted molar refractivity (Wildman–Crippen MR) is 55.0 cm³/mol. The topological polar surface area (TPSA) is 77.8 Å². The number of hydrogen-bond donors (Lipinski definition) is 3. The van der Waals surface area contributed by atoms with Crippen molar-refractivity contribution in [3.63, 3.8) is 0 Å². The Balaban J connectivity index is 3.01. The van der Waals surface area contributed by atoms with Gasteiger partial charge in [0, 0.05) is 0 Å². The van der Waals surface area contributed by atoms with Crippen LogP contribution in [-0.2, 0) is 0 Å². The maximum atomic E-state index is 13.2. The van der Waals surface area contributed by atoms with Gasteiger partial charge in [-0.15, -0.1) is 11.6 Å². The molecule has 88 valence electrons. The summed E-state index contributed by atoms with van der Waals surface area (Å²) in [4.78, 5) is 10.5. The Morgan fingerprint density at radius 1 is 1.44 bits per heavy atom. The van der Waals surface area contributed by atoms with Crippen LogP contribution in [0, 0.1) is 5.82 Å². The van der Waals surface area contributed by atoms with Gasteiger partial charge in [-0.2, -0.15) is 0 Å². The molecule has 4 nitrogen and oxygen atoms in total. The standard InChI is InChI=1S/C10H10ClFO4/c11-4-8(13)9(14)5-1-2-6(10(15)16)7(12)3-5/h1-3,8-9,13-14H,4H2,(H,15,16). The molecule has 1 aromatic carbocycles. The monoisotopic (exact) mass is 248 g/mol. The molecule has 0 bridgehead atoms. The molecule has 0 heterocycles. The number of hydrogen-bond acceptors (Lipinski definition) is 3. The zero-order chi connectivity index (χ0) is 12.3. The third-order valence-electron chi connectivity index (χ3n) is 2.09. The van der Waals surface area contributed by atoms with E-state index in [9.17, 15) is 19.4 Å². The van der Waals surface area contributed by atoms with Gasteiger partial charge in [-0.25, -0.2) is 9.18 Å². The summed E-state index contributed by atoms with van der Waals surface area (Å²) in [7, 11) is 0. The van der Waals surface area contributed by atoms with Crippen LogP contribution < -0.4 is 0 Å². The van der Waals surface area contributed by atoms with Crippen molar-refractivity contribution >= 4 is 17.6 Å². The van der Waals surface area contributed by atoms with Crippen molar-refractivity contribution < 1.29 is 24.5 Å². The minimum absolute atomic E-state index is 0.0793. The first-order valence-electron chi connectivity index (χ1n) is 4.42. The van der Waals surface area contributed by atoms with Gasteiger partial charge in [0.25, 0.3) is 0 Å². The molecule has 0 fully saturated rings. The zero-order valence-electron chi connectivity index (χ0n) is 8.10. The van der Waals surface area contributed by atoms with E-state index in [1.54, 1.807) is 0 Å². The van der Waals surface area contributed by atoms with Gasteiger partial charge in [-0.3, -0.25) is 0 Å². The van der Waals surface area contributed by atoms with Crippen LogP contribution in [0.15, 0.2) is 18.2 Å². The highest BCUT2D eigenvalue weighted by atomic mass is 35.5. The van der Waals surface area contributed by atoms with Gasteiger partial charge >= 0.3 is 5.97 Å². The molecule has 2 unspecified atom stereocenters. The van der Waals surface area contributed by atoms with E-state index in [1.165, 1.54) is 6.07 Å². The molecule has 2 atom stereocenters. The highest BCUT2D eigenvalue weighted by molar-refractivity contribution is 6.18. The summed E-state index contributed by atoms with van der Waals surface area (Å²) in [5, 5.41) is 27.3. The molecule has 0 spiro atoms. The van der Waals surface area contributed by atoms with Crippen LogP contribution in [0.4, 0.5) is 4.39 Å². The molecule has 0 aliphatic carbocycles. The summed E-state index contributed by atoms with van der Waals surface area (Å²) in [6.45, 7) is 0. The molecule has 1 rings (SSSR count). The Kier molecular flexibility index (Phi) is 4.23. The number of halogens is 2. The van der Waals surface area contributed by atoms with E-state index in [-0.39, 0.29) is 11.4 Å².